The second kappa shape index (κ2) is 5.66. The van der Waals surface area contributed by atoms with Crippen molar-refractivity contribution in [2.24, 2.45) is 0 Å². The molecule has 0 aliphatic rings. The molecular weight excluding hydrogens is 204 g/mol. The van der Waals surface area contributed by atoms with Crippen LogP contribution in [0.15, 0.2) is 43.0 Å². The van der Waals surface area contributed by atoms with E-state index in [0.717, 1.165) is 5.56 Å². The summed E-state index contributed by atoms with van der Waals surface area (Å²) in [5.41, 5.74) is 1.24. The molecule has 0 saturated carbocycles. The van der Waals surface area contributed by atoms with Gasteiger partial charge in [0.15, 0.2) is 0 Å². The fraction of sp³-hybridized carbons (Fsp3) is 0.0769. The van der Waals surface area contributed by atoms with Crippen LogP contribution in [0.3, 0.4) is 0 Å². The first-order chi connectivity index (χ1) is 7.67. The van der Waals surface area contributed by atoms with Gasteiger partial charge in [-0.1, -0.05) is 30.9 Å². The lowest BCUT2D eigenvalue weighted by Crippen LogP contribution is -2.10. The molecule has 0 aromatic heterocycles. The summed E-state index contributed by atoms with van der Waals surface area (Å²) in [4.78, 5) is 22.4. The molecule has 3 heteroatoms. The van der Waals surface area contributed by atoms with Crippen LogP contribution in [0.5, 0.6) is 0 Å². The zero-order valence-electron chi connectivity index (χ0n) is 8.97. The monoisotopic (exact) mass is 216 g/mol. The van der Waals surface area contributed by atoms with E-state index in [-0.39, 0.29) is 0 Å². The van der Waals surface area contributed by atoms with Gasteiger partial charge in [0.1, 0.15) is 0 Å². The first-order valence-corrected chi connectivity index (χ1v) is 4.78. The molecule has 1 aromatic carbocycles. The average Bonchev–Trinajstić information content (AvgIpc) is 2.29. The van der Waals surface area contributed by atoms with Crippen LogP contribution in [0.25, 0.3) is 6.08 Å². The quantitative estimate of drug-likeness (QED) is 0.443. The van der Waals surface area contributed by atoms with Gasteiger partial charge in [0.2, 0.25) is 0 Å². The molecule has 16 heavy (non-hydrogen) atoms. The summed E-state index contributed by atoms with van der Waals surface area (Å²) in [5, 5.41) is 0. The minimum Gasteiger partial charge on any atom is -0.386 e. The van der Waals surface area contributed by atoms with Crippen molar-refractivity contribution < 1.29 is 14.3 Å². The van der Waals surface area contributed by atoms with E-state index in [1.165, 1.54) is 12.2 Å². The molecule has 1 rings (SSSR count). The topological polar surface area (TPSA) is 43.4 Å². The molecule has 0 unspecified atom stereocenters. The van der Waals surface area contributed by atoms with Gasteiger partial charge < -0.3 is 4.74 Å². The Morgan fingerprint density at radius 2 is 1.88 bits per heavy atom. The van der Waals surface area contributed by atoms with E-state index in [1.807, 2.05) is 0 Å². The summed E-state index contributed by atoms with van der Waals surface area (Å²) >= 11 is 0. The molecule has 0 aliphatic carbocycles. The van der Waals surface area contributed by atoms with Crippen molar-refractivity contribution in [3.05, 3.63) is 54.1 Å². The zero-order valence-corrected chi connectivity index (χ0v) is 8.97. The first kappa shape index (κ1) is 11.9. The van der Waals surface area contributed by atoms with E-state index >= 15 is 0 Å². The zero-order chi connectivity index (χ0) is 12.0. The number of carbonyl (C=O) groups excluding carboxylic acids is 2. The van der Waals surface area contributed by atoms with Crippen molar-refractivity contribution in [2.45, 2.75) is 6.92 Å². The van der Waals surface area contributed by atoms with Crippen LogP contribution in [0.2, 0.25) is 0 Å². The molecule has 0 aliphatic heterocycles. The summed E-state index contributed by atoms with van der Waals surface area (Å²) < 4.78 is 4.56. The minimum absolute atomic E-state index is 0.337. The second-order valence-electron chi connectivity index (χ2n) is 3.03. The van der Waals surface area contributed by atoms with Gasteiger partial charge in [0.25, 0.3) is 0 Å². The molecule has 1 aromatic rings. The van der Waals surface area contributed by atoms with Crippen LogP contribution in [0, 0.1) is 0 Å². The Kier molecular flexibility index (Phi) is 4.21. The van der Waals surface area contributed by atoms with E-state index in [1.54, 1.807) is 37.3 Å². The number of rotatable bonds is 3. The van der Waals surface area contributed by atoms with Gasteiger partial charge in [0, 0.05) is 6.08 Å². The van der Waals surface area contributed by atoms with Crippen LogP contribution in [0.4, 0.5) is 0 Å². The van der Waals surface area contributed by atoms with Gasteiger partial charge in [-0.05, 0) is 24.6 Å². The predicted octanol–water partition coefficient (Wildman–Crippen LogP) is 2.59. The molecule has 0 saturated heterocycles. The molecule has 82 valence electrons. The highest BCUT2D eigenvalue weighted by Crippen LogP contribution is 2.07. The fourth-order valence-electron chi connectivity index (χ4n) is 1.08. The van der Waals surface area contributed by atoms with Gasteiger partial charge in [0.05, 0.1) is 5.56 Å². The number of hydrogen-bond donors (Lipinski definition) is 0. The highest BCUT2D eigenvalue weighted by molar-refractivity contribution is 5.99. The Morgan fingerprint density at radius 1 is 1.25 bits per heavy atom. The molecule has 0 amide bonds. The highest BCUT2D eigenvalue weighted by Gasteiger charge is 2.09. The maximum absolute atomic E-state index is 11.4. The van der Waals surface area contributed by atoms with E-state index in [2.05, 4.69) is 11.3 Å². The standard InChI is InChI=1S/C13H12O3/c1-3-5-12(14)16-13(15)11-8-6-10(4-2)7-9-11/h3-9H,2H2,1H3/b5-3+. The molecular formula is C13H12O3. The summed E-state index contributed by atoms with van der Waals surface area (Å²) in [6.45, 7) is 5.27. The largest absolute Gasteiger partial charge is 0.386 e. The summed E-state index contributed by atoms with van der Waals surface area (Å²) in [6, 6.07) is 6.62. The normalized spacial score (nSPS) is 10.1. The third kappa shape index (κ3) is 3.20. The maximum Gasteiger partial charge on any atom is 0.346 e. The lowest BCUT2D eigenvalue weighted by atomic mass is 10.1. The lowest BCUT2D eigenvalue weighted by Gasteiger charge is -2.00. The molecule has 0 radical (unpaired) electrons. The molecule has 0 N–H and O–H groups in total. The number of allylic oxidation sites excluding steroid dienone is 1. The molecule has 0 spiro atoms. The SMILES string of the molecule is C=Cc1ccc(C(=O)OC(=O)/C=C/C)cc1. The Hall–Kier alpha value is -2.16. The van der Waals surface area contributed by atoms with Crippen LogP contribution in [-0.2, 0) is 9.53 Å². The average molecular weight is 216 g/mol. The van der Waals surface area contributed by atoms with Crippen molar-refractivity contribution >= 4 is 18.0 Å². The molecule has 0 heterocycles. The van der Waals surface area contributed by atoms with Crippen molar-refractivity contribution in [3.63, 3.8) is 0 Å². The Bertz CT molecular complexity index is 427. The van der Waals surface area contributed by atoms with Gasteiger partial charge in [-0.2, -0.15) is 0 Å². The third-order valence-electron chi connectivity index (χ3n) is 1.88. The van der Waals surface area contributed by atoms with E-state index in [4.69, 9.17) is 0 Å². The van der Waals surface area contributed by atoms with Gasteiger partial charge >= 0.3 is 11.9 Å². The summed E-state index contributed by atoms with van der Waals surface area (Å²) in [6.07, 6.45) is 4.37. The summed E-state index contributed by atoms with van der Waals surface area (Å²) in [7, 11) is 0. The molecule has 3 nitrogen and oxygen atoms in total. The maximum atomic E-state index is 11.4. The number of carbonyl (C=O) groups is 2. The smallest absolute Gasteiger partial charge is 0.346 e. The van der Waals surface area contributed by atoms with Gasteiger partial charge in [-0.3, -0.25) is 0 Å². The van der Waals surface area contributed by atoms with Crippen LogP contribution in [-0.4, -0.2) is 11.9 Å². The second-order valence-corrected chi connectivity index (χ2v) is 3.03. The van der Waals surface area contributed by atoms with E-state index in [9.17, 15) is 9.59 Å². The predicted molar refractivity (Wildman–Crippen MR) is 61.8 cm³/mol. The Balaban J connectivity index is 2.73. The van der Waals surface area contributed by atoms with E-state index in [0.29, 0.717) is 5.56 Å². The summed E-state index contributed by atoms with van der Waals surface area (Å²) in [5.74, 6) is -1.32. The van der Waals surface area contributed by atoms with Gasteiger partial charge in [-0.25, -0.2) is 9.59 Å². The molecule has 0 bridgehead atoms. The van der Waals surface area contributed by atoms with Crippen molar-refractivity contribution in [1.29, 1.82) is 0 Å². The van der Waals surface area contributed by atoms with E-state index < -0.39 is 11.9 Å². The fourth-order valence-corrected chi connectivity index (χ4v) is 1.08. The Morgan fingerprint density at radius 3 is 2.38 bits per heavy atom. The van der Waals surface area contributed by atoms with Crippen LogP contribution < -0.4 is 0 Å². The van der Waals surface area contributed by atoms with Crippen molar-refractivity contribution in [3.8, 4) is 0 Å². The highest BCUT2D eigenvalue weighted by atomic mass is 16.6. The van der Waals surface area contributed by atoms with Crippen molar-refractivity contribution in [2.75, 3.05) is 0 Å². The molecule has 0 atom stereocenters. The van der Waals surface area contributed by atoms with Gasteiger partial charge in [-0.15, -0.1) is 0 Å². The lowest BCUT2D eigenvalue weighted by molar-refractivity contribution is -0.132. The first-order valence-electron chi connectivity index (χ1n) is 4.78. The number of esters is 2. The number of benzene rings is 1. The third-order valence-corrected chi connectivity index (χ3v) is 1.88. The minimum atomic E-state index is -0.666. The van der Waals surface area contributed by atoms with Crippen LogP contribution >= 0.6 is 0 Å². The van der Waals surface area contributed by atoms with Crippen LogP contribution in [0.1, 0.15) is 22.8 Å². The Labute approximate surface area is 94.0 Å². The molecule has 0 fully saturated rings. The number of hydrogen-bond acceptors (Lipinski definition) is 3. The van der Waals surface area contributed by atoms with Crippen molar-refractivity contribution in [1.82, 2.24) is 0 Å². The number of ether oxygens (including phenoxy) is 1.